The highest BCUT2D eigenvalue weighted by Gasteiger charge is 2.20. The summed E-state index contributed by atoms with van der Waals surface area (Å²) in [4.78, 5) is 7.57. The highest BCUT2D eigenvalue weighted by Crippen LogP contribution is 2.22. The van der Waals surface area contributed by atoms with E-state index in [2.05, 4.69) is 15.3 Å². The summed E-state index contributed by atoms with van der Waals surface area (Å²) in [6.07, 6.45) is 9.86. The predicted molar refractivity (Wildman–Crippen MR) is 102 cm³/mol. The van der Waals surface area contributed by atoms with Crippen molar-refractivity contribution in [3.63, 3.8) is 0 Å². The summed E-state index contributed by atoms with van der Waals surface area (Å²) in [6, 6.07) is 7.97. The number of methoxy groups -OCH3 is 1. The molecule has 25 heavy (non-hydrogen) atoms. The van der Waals surface area contributed by atoms with Gasteiger partial charge < -0.3 is 15.0 Å². The molecule has 0 aliphatic heterocycles. The molecule has 1 heterocycles. The van der Waals surface area contributed by atoms with Crippen LogP contribution in [0.1, 0.15) is 31.5 Å². The van der Waals surface area contributed by atoms with Crippen LogP contribution >= 0.6 is 11.6 Å². The van der Waals surface area contributed by atoms with Gasteiger partial charge >= 0.3 is 0 Å². The first-order chi connectivity index (χ1) is 12.1. The van der Waals surface area contributed by atoms with Crippen LogP contribution in [-0.4, -0.2) is 35.1 Å². The van der Waals surface area contributed by atoms with Gasteiger partial charge in [0, 0.05) is 23.7 Å². The van der Waals surface area contributed by atoms with Gasteiger partial charge in [-0.25, -0.2) is 4.98 Å². The van der Waals surface area contributed by atoms with Crippen LogP contribution in [0.4, 0.5) is 0 Å². The second kappa shape index (κ2) is 8.32. The lowest BCUT2D eigenvalue weighted by molar-refractivity contribution is 0.0646. The van der Waals surface area contributed by atoms with Crippen molar-refractivity contribution in [3.05, 3.63) is 47.4 Å². The Bertz CT molecular complexity index is 747. The summed E-state index contributed by atoms with van der Waals surface area (Å²) >= 11 is 6.02. The van der Waals surface area contributed by atoms with Gasteiger partial charge in [0.15, 0.2) is 0 Å². The van der Waals surface area contributed by atoms with Gasteiger partial charge in [-0.05, 0) is 50.0 Å². The van der Waals surface area contributed by atoms with E-state index in [9.17, 15) is 0 Å². The molecule has 1 aromatic carbocycles. The largest absolute Gasteiger partial charge is 0.381 e. The maximum Gasteiger partial charge on any atom is 0.130 e. The number of amidine groups is 1. The first kappa shape index (κ1) is 17.7. The normalized spacial score (nSPS) is 20.7. The summed E-state index contributed by atoms with van der Waals surface area (Å²) in [5, 5.41) is 12.0. The quantitative estimate of drug-likeness (QED) is 0.552. The molecule has 5 nitrogen and oxygen atoms in total. The maximum atomic E-state index is 8.08. The first-order valence-corrected chi connectivity index (χ1v) is 8.89. The van der Waals surface area contributed by atoms with Crippen LogP contribution in [0.2, 0.25) is 5.02 Å². The maximum absolute atomic E-state index is 8.08. The molecule has 1 saturated carbocycles. The van der Waals surface area contributed by atoms with Gasteiger partial charge in [-0.3, -0.25) is 5.41 Å². The third-order valence-corrected chi connectivity index (χ3v) is 4.74. The Morgan fingerprint density at radius 3 is 2.88 bits per heavy atom. The van der Waals surface area contributed by atoms with Gasteiger partial charge in [-0.1, -0.05) is 23.7 Å². The molecule has 0 spiro atoms. The predicted octanol–water partition coefficient (Wildman–Crippen LogP) is 4.27. The number of hydrogen-bond donors (Lipinski definition) is 3. The van der Waals surface area contributed by atoms with E-state index in [1.165, 1.54) is 0 Å². The molecule has 0 unspecified atom stereocenters. The van der Waals surface area contributed by atoms with Crippen LogP contribution in [0.25, 0.3) is 17.3 Å². The van der Waals surface area contributed by atoms with Crippen LogP contribution in [0, 0.1) is 5.41 Å². The number of aromatic amines is 1. The summed E-state index contributed by atoms with van der Waals surface area (Å²) < 4.78 is 5.38. The zero-order valence-corrected chi connectivity index (χ0v) is 15.0. The minimum Gasteiger partial charge on any atom is -0.381 e. The van der Waals surface area contributed by atoms with E-state index < -0.39 is 0 Å². The highest BCUT2D eigenvalue weighted by molar-refractivity contribution is 6.30. The summed E-state index contributed by atoms with van der Waals surface area (Å²) in [5.41, 5.74) is 1.89. The number of rotatable bonds is 5. The molecular weight excluding hydrogens is 336 g/mol. The fourth-order valence-corrected chi connectivity index (χ4v) is 3.29. The molecule has 3 rings (SSSR count). The third kappa shape index (κ3) is 4.94. The van der Waals surface area contributed by atoms with Crippen LogP contribution in [0.3, 0.4) is 0 Å². The van der Waals surface area contributed by atoms with E-state index in [0.717, 1.165) is 36.9 Å². The van der Waals surface area contributed by atoms with Gasteiger partial charge in [0.05, 0.1) is 18.0 Å². The van der Waals surface area contributed by atoms with Crippen LogP contribution in [0.5, 0.6) is 0 Å². The summed E-state index contributed by atoms with van der Waals surface area (Å²) in [7, 11) is 1.77. The Labute approximate surface area is 153 Å². The zero-order chi connectivity index (χ0) is 17.6. The molecule has 1 aromatic heterocycles. The monoisotopic (exact) mass is 358 g/mol. The fraction of sp³-hybridized carbons (Fsp3) is 0.368. The molecule has 1 aliphatic carbocycles. The molecule has 2 aromatic rings. The van der Waals surface area contributed by atoms with Crippen molar-refractivity contribution < 1.29 is 4.74 Å². The number of ether oxygens (including phenoxy) is 1. The molecule has 6 heteroatoms. The van der Waals surface area contributed by atoms with Crippen LogP contribution in [-0.2, 0) is 4.74 Å². The van der Waals surface area contributed by atoms with Crippen molar-refractivity contribution in [2.75, 3.05) is 7.11 Å². The van der Waals surface area contributed by atoms with Crippen molar-refractivity contribution in [2.24, 2.45) is 0 Å². The van der Waals surface area contributed by atoms with Crippen molar-refractivity contribution in [2.45, 2.75) is 37.8 Å². The average Bonchev–Trinajstić information content (AvgIpc) is 3.10. The van der Waals surface area contributed by atoms with E-state index in [1.54, 1.807) is 19.4 Å². The van der Waals surface area contributed by atoms with Crippen molar-refractivity contribution in [1.29, 1.82) is 5.41 Å². The van der Waals surface area contributed by atoms with E-state index in [4.69, 9.17) is 21.7 Å². The van der Waals surface area contributed by atoms with E-state index in [0.29, 0.717) is 28.8 Å². The van der Waals surface area contributed by atoms with E-state index in [-0.39, 0.29) is 0 Å². The Hall–Kier alpha value is -2.11. The minimum atomic E-state index is 0.349. The van der Waals surface area contributed by atoms with E-state index >= 15 is 0 Å². The van der Waals surface area contributed by atoms with Gasteiger partial charge in [-0.15, -0.1) is 0 Å². The molecular formula is C19H23ClN4O. The molecule has 0 atom stereocenters. The molecule has 0 amide bonds. The van der Waals surface area contributed by atoms with Crippen LogP contribution < -0.4 is 5.32 Å². The molecule has 1 aliphatic rings. The number of hydrogen-bond acceptors (Lipinski definition) is 3. The zero-order valence-electron chi connectivity index (χ0n) is 14.3. The van der Waals surface area contributed by atoms with Gasteiger partial charge in [0.1, 0.15) is 11.7 Å². The smallest absolute Gasteiger partial charge is 0.130 e. The van der Waals surface area contributed by atoms with Gasteiger partial charge in [0.2, 0.25) is 0 Å². The average molecular weight is 359 g/mol. The lowest BCUT2D eigenvalue weighted by atomic mass is 9.93. The highest BCUT2D eigenvalue weighted by atomic mass is 35.5. The number of benzene rings is 1. The Morgan fingerprint density at radius 1 is 1.36 bits per heavy atom. The Morgan fingerprint density at radius 2 is 2.16 bits per heavy atom. The molecule has 0 saturated heterocycles. The van der Waals surface area contributed by atoms with Gasteiger partial charge in [-0.2, -0.15) is 0 Å². The number of aromatic nitrogens is 2. The number of nitrogens with one attached hydrogen (secondary N) is 3. The van der Waals surface area contributed by atoms with Crippen molar-refractivity contribution in [3.8, 4) is 11.3 Å². The molecule has 0 radical (unpaired) electrons. The third-order valence-electron chi connectivity index (χ3n) is 4.51. The summed E-state index contributed by atoms with van der Waals surface area (Å²) in [5.74, 6) is 1.12. The lowest BCUT2D eigenvalue weighted by Crippen LogP contribution is -2.37. The molecule has 3 N–H and O–H groups in total. The molecule has 132 valence electrons. The fourth-order valence-electron chi connectivity index (χ4n) is 3.10. The second-order valence-electron chi connectivity index (χ2n) is 6.29. The van der Waals surface area contributed by atoms with Crippen molar-refractivity contribution in [1.82, 2.24) is 15.3 Å². The topological polar surface area (TPSA) is 73.8 Å². The molecule has 0 bridgehead atoms. The van der Waals surface area contributed by atoms with Gasteiger partial charge in [0.25, 0.3) is 0 Å². The second-order valence-corrected chi connectivity index (χ2v) is 6.73. The minimum absolute atomic E-state index is 0.349. The SMILES string of the molecule is COC1CCC(NC(=N)/C=C\c2ncc(-c3cccc(Cl)c3)[nH]2)CC1. The van der Waals surface area contributed by atoms with E-state index in [1.807, 2.05) is 30.3 Å². The Balaban J connectivity index is 1.55. The lowest BCUT2D eigenvalue weighted by Gasteiger charge is -2.28. The number of halogens is 1. The standard InChI is InChI=1S/C19H23ClN4O/c1-25-16-7-5-15(6-8-16)23-18(21)9-10-19-22-12-17(24-19)13-3-2-4-14(20)11-13/h2-4,9-12,15-16H,5-8H2,1H3,(H2,21,23)(H,22,24)/b10-9-. The summed E-state index contributed by atoms with van der Waals surface area (Å²) in [6.45, 7) is 0. The Kier molecular flexibility index (Phi) is 5.89. The number of nitrogens with zero attached hydrogens (tertiary/aromatic N) is 1. The first-order valence-electron chi connectivity index (χ1n) is 8.51. The number of H-pyrrole nitrogens is 1. The molecule has 1 fully saturated rings. The number of imidazole rings is 1. The van der Waals surface area contributed by atoms with Crippen molar-refractivity contribution >= 4 is 23.5 Å². The van der Waals surface area contributed by atoms with Crippen LogP contribution in [0.15, 0.2) is 36.5 Å².